The molecule has 11 nitrogen and oxygen atoms in total. The first kappa shape index (κ1) is 28.8. The Hall–Kier alpha value is -3.22. The highest BCUT2D eigenvalue weighted by atomic mass is 35.5. The van der Waals surface area contributed by atoms with Crippen LogP contribution in [0.25, 0.3) is 0 Å². The molecule has 3 amide bonds. The number of piperidine rings is 1. The third-order valence-corrected chi connectivity index (χ3v) is 7.00. The van der Waals surface area contributed by atoms with Crippen molar-refractivity contribution in [3.63, 3.8) is 0 Å². The number of anilines is 1. The average molecular weight is 579 g/mol. The molecule has 2 aromatic rings. The van der Waals surface area contributed by atoms with Crippen LogP contribution >= 0.6 is 23.2 Å². The number of hydrogen-bond donors (Lipinski definition) is 4. The van der Waals surface area contributed by atoms with Gasteiger partial charge in [0, 0.05) is 25.2 Å². The van der Waals surface area contributed by atoms with E-state index in [1.54, 1.807) is 47.5 Å². The Labute approximate surface area is 234 Å². The Balaban J connectivity index is 1.34. The zero-order valence-electron chi connectivity index (χ0n) is 20.8. The summed E-state index contributed by atoms with van der Waals surface area (Å²) in [5.41, 5.74) is 3.91. The number of aliphatic carboxylic acids is 1. The molecule has 0 spiro atoms. The SMILES string of the molecule is O=C(Nc1ccc(C[C@H](NC(=O)[C@@H]2OCO[C@H]2C(=O)NN2CCCCC2)C(=O)O)cc1)c1c(Cl)cccc1Cl. The van der Waals surface area contributed by atoms with Crippen molar-refractivity contribution in [3.05, 3.63) is 63.6 Å². The van der Waals surface area contributed by atoms with E-state index in [-0.39, 0.29) is 28.8 Å². The van der Waals surface area contributed by atoms with Crippen molar-refractivity contribution in [2.24, 2.45) is 0 Å². The molecule has 0 aliphatic carbocycles. The number of hydrazine groups is 1. The lowest BCUT2D eigenvalue weighted by molar-refractivity contribution is -0.145. The molecule has 2 saturated heterocycles. The molecule has 4 N–H and O–H groups in total. The smallest absolute Gasteiger partial charge is 0.326 e. The van der Waals surface area contributed by atoms with Gasteiger partial charge in [0.2, 0.25) is 0 Å². The summed E-state index contributed by atoms with van der Waals surface area (Å²) in [6.07, 6.45) is 0.461. The Morgan fingerprint density at radius 1 is 0.923 bits per heavy atom. The van der Waals surface area contributed by atoms with Crippen molar-refractivity contribution in [1.82, 2.24) is 15.8 Å². The lowest BCUT2D eigenvalue weighted by Gasteiger charge is -2.28. The summed E-state index contributed by atoms with van der Waals surface area (Å²) in [6, 6.07) is 9.86. The van der Waals surface area contributed by atoms with Crippen LogP contribution in [0.1, 0.15) is 35.2 Å². The fourth-order valence-corrected chi connectivity index (χ4v) is 4.90. The van der Waals surface area contributed by atoms with Crippen LogP contribution in [0.15, 0.2) is 42.5 Å². The molecule has 0 radical (unpaired) electrons. The van der Waals surface area contributed by atoms with E-state index < -0.39 is 41.9 Å². The topological polar surface area (TPSA) is 146 Å². The first-order valence-electron chi connectivity index (χ1n) is 12.4. The number of halogens is 2. The van der Waals surface area contributed by atoms with Gasteiger partial charge >= 0.3 is 5.97 Å². The fraction of sp³-hybridized carbons (Fsp3) is 0.385. The second kappa shape index (κ2) is 13.2. The van der Waals surface area contributed by atoms with E-state index in [0.717, 1.165) is 19.3 Å². The van der Waals surface area contributed by atoms with Crippen molar-refractivity contribution < 1.29 is 33.8 Å². The first-order valence-corrected chi connectivity index (χ1v) is 13.1. The van der Waals surface area contributed by atoms with Crippen LogP contribution in [0, 0.1) is 0 Å². The predicted molar refractivity (Wildman–Crippen MR) is 142 cm³/mol. The molecular weight excluding hydrogens is 551 g/mol. The molecule has 13 heteroatoms. The number of benzene rings is 2. The second-order valence-corrected chi connectivity index (χ2v) is 9.98. The van der Waals surface area contributed by atoms with Gasteiger partial charge in [-0.2, -0.15) is 0 Å². The number of amides is 3. The maximum atomic E-state index is 12.9. The number of carboxylic acid groups (broad SMARTS) is 1. The van der Waals surface area contributed by atoms with Gasteiger partial charge in [-0.3, -0.25) is 19.8 Å². The van der Waals surface area contributed by atoms with Crippen molar-refractivity contribution >= 4 is 52.6 Å². The molecule has 2 fully saturated rings. The molecule has 4 rings (SSSR count). The maximum absolute atomic E-state index is 12.9. The van der Waals surface area contributed by atoms with Crippen LogP contribution in [0.3, 0.4) is 0 Å². The number of carboxylic acids is 1. The van der Waals surface area contributed by atoms with Crippen LogP contribution in [-0.2, 0) is 30.3 Å². The largest absolute Gasteiger partial charge is 0.480 e. The van der Waals surface area contributed by atoms with E-state index in [9.17, 15) is 24.3 Å². The van der Waals surface area contributed by atoms with Gasteiger partial charge in [-0.15, -0.1) is 0 Å². The van der Waals surface area contributed by atoms with Gasteiger partial charge in [-0.1, -0.05) is 47.8 Å². The van der Waals surface area contributed by atoms with E-state index in [2.05, 4.69) is 16.1 Å². The quantitative estimate of drug-likeness (QED) is 0.355. The molecule has 2 aromatic carbocycles. The molecule has 0 bridgehead atoms. The first-order chi connectivity index (χ1) is 18.7. The monoisotopic (exact) mass is 578 g/mol. The third-order valence-electron chi connectivity index (χ3n) is 6.37. The lowest BCUT2D eigenvalue weighted by atomic mass is 10.0. The van der Waals surface area contributed by atoms with Gasteiger partial charge < -0.3 is 25.2 Å². The summed E-state index contributed by atoms with van der Waals surface area (Å²) in [7, 11) is 0. The zero-order chi connectivity index (χ0) is 27.9. The number of ether oxygens (including phenoxy) is 2. The number of carbonyl (C=O) groups is 4. The van der Waals surface area contributed by atoms with Crippen LogP contribution < -0.4 is 16.1 Å². The Bertz CT molecular complexity index is 1200. The highest BCUT2D eigenvalue weighted by Gasteiger charge is 2.42. The molecule has 2 aliphatic rings. The summed E-state index contributed by atoms with van der Waals surface area (Å²) >= 11 is 12.2. The van der Waals surface area contributed by atoms with Crippen LogP contribution in [0.4, 0.5) is 5.69 Å². The molecule has 2 heterocycles. The third kappa shape index (κ3) is 7.46. The lowest BCUT2D eigenvalue weighted by Crippen LogP contribution is -2.55. The van der Waals surface area contributed by atoms with E-state index in [1.165, 1.54) is 0 Å². The predicted octanol–water partition coefficient (Wildman–Crippen LogP) is 2.62. The van der Waals surface area contributed by atoms with E-state index in [4.69, 9.17) is 32.7 Å². The summed E-state index contributed by atoms with van der Waals surface area (Å²) in [6.45, 7) is 1.14. The average Bonchev–Trinajstić information content (AvgIpc) is 3.40. The van der Waals surface area contributed by atoms with Crippen molar-refractivity contribution in [2.45, 2.75) is 43.9 Å². The van der Waals surface area contributed by atoms with Crippen LogP contribution in [-0.4, -0.2) is 71.9 Å². The highest BCUT2D eigenvalue weighted by molar-refractivity contribution is 6.40. The summed E-state index contributed by atoms with van der Waals surface area (Å²) in [5, 5.41) is 17.0. The number of nitrogens with zero attached hydrogens (tertiary/aromatic N) is 1. The Morgan fingerprint density at radius 3 is 2.15 bits per heavy atom. The summed E-state index contributed by atoms with van der Waals surface area (Å²) in [4.78, 5) is 50.1. The highest BCUT2D eigenvalue weighted by Crippen LogP contribution is 2.25. The minimum Gasteiger partial charge on any atom is -0.480 e. The van der Waals surface area contributed by atoms with Crippen molar-refractivity contribution in [3.8, 4) is 0 Å². The molecule has 3 atom stereocenters. The summed E-state index contributed by atoms with van der Waals surface area (Å²) in [5.74, 6) is -3.04. The Kier molecular flexibility index (Phi) is 9.76. The van der Waals surface area contributed by atoms with E-state index in [1.807, 2.05) is 0 Å². The summed E-state index contributed by atoms with van der Waals surface area (Å²) < 4.78 is 10.6. The molecule has 0 saturated carbocycles. The van der Waals surface area contributed by atoms with E-state index in [0.29, 0.717) is 24.3 Å². The van der Waals surface area contributed by atoms with Gasteiger partial charge in [-0.05, 0) is 42.7 Å². The maximum Gasteiger partial charge on any atom is 0.326 e. The fourth-order valence-electron chi connectivity index (χ4n) is 4.33. The number of nitrogens with one attached hydrogen (secondary N) is 3. The van der Waals surface area contributed by atoms with Crippen molar-refractivity contribution in [1.29, 1.82) is 0 Å². The number of carbonyl (C=O) groups excluding carboxylic acids is 3. The minimum atomic E-state index is -1.30. The van der Waals surface area contributed by atoms with E-state index >= 15 is 0 Å². The van der Waals surface area contributed by atoms with Crippen LogP contribution in [0.5, 0.6) is 0 Å². The minimum absolute atomic E-state index is 0.0517. The molecule has 208 valence electrons. The normalized spacial score (nSPS) is 20.2. The standard InChI is InChI=1S/C26H28Cl2N4O7/c27-17-5-4-6-18(28)20(17)23(33)29-16-9-7-15(8-10-16)13-19(26(36)37)30-24(34)21-22(39-14-38-21)25(35)31-32-11-2-1-3-12-32/h4-10,19,21-22H,1-3,11-14H2,(H,29,33)(H,30,34)(H,31,35)(H,36,37)/t19-,21+,22+/m0/s1. The molecule has 2 aliphatic heterocycles. The molecule has 39 heavy (non-hydrogen) atoms. The second-order valence-electron chi connectivity index (χ2n) is 9.17. The Morgan fingerprint density at radius 2 is 1.54 bits per heavy atom. The van der Waals surface area contributed by atoms with Gasteiger partial charge in [0.15, 0.2) is 12.2 Å². The van der Waals surface area contributed by atoms with Gasteiger partial charge in [0.25, 0.3) is 17.7 Å². The molecule has 0 aromatic heterocycles. The number of rotatable bonds is 9. The van der Waals surface area contributed by atoms with Gasteiger partial charge in [-0.25, -0.2) is 9.80 Å². The van der Waals surface area contributed by atoms with Crippen LogP contribution in [0.2, 0.25) is 10.0 Å². The molecule has 0 unspecified atom stereocenters. The zero-order valence-corrected chi connectivity index (χ0v) is 22.3. The van der Waals surface area contributed by atoms with Crippen molar-refractivity contribution in [2.75, 3.05) is 25.2 Å². The molecular formula is C26H28Cl2N4O7. The van der Waals surface area contributed by atoms with Gasteiger partial charge in [0.05, 0.1) is 15.6 Å². The number of hydrogen-bond acceptors (Lipinski definition) is 7. The van der Waals surface area contributed by atoms with Gasteiger partial charge in [0.1, 0.15) is 12.8 Å².